The number of hydrogen-bond donors (Lipinski definition) is 0. The Bertz CT molecular complexity index is 1820. The summed E-state index contributed by atoms with van der Waals surface area (Å²) in [5.74, 6) is 1.07. The number of fused-ring (bicyclic) bond motifs is 2. The van der Waals surface area contributed by atoms with Crippen molar-refractivity contribution in [3.63, 3.8) is 0 Å². The summed E-state index contributed by atoms with van der Waals surface area (Å²) >= 11 is 1.26. The van der Waals surface area contributed by atoms with E-state index in [1.54, 1.807) is 38.7 Å². The van der Waals surface area contributed by atoms with Crippen molar-refractivity contribution in [2.24, 2.45) is 4.99 Å². The first kappa shape index (κ1) is 27.2. The molecule has 3 aromatic carbocycles. The van der Waals surface area contributed by atoms with Crippen LogP contribution in [0.1, 0.15) is 37.9 Å². The third kappa shape index (κ3) is 4.66. The van der Waals surface area contributed by atoms with Gasteiger partial charge in [-0.1, -0.05) is 53.8 Å². The number of benzene rings is 3. The molecule has 0 N–H and O–H groups in total. The molecule has 0 spiro atoms. The Balaban J connectivity index is 1.82. The first-order valence-corrected chi connectivity index (χ1v) is 13.8. The maximum absolute atomic E-state index is 14.2. The lowest BCUT2D eigenvalue weighted by atomic mass is 9.94. The highest BCUT2D eigenvalue weighted by Crippen LogP contribution is 2.40. The molecule has 0 bridgehead atoms. The number of thiazole rings is 1. The Kier molecular flexibility index (Phi) is 7.75. The van der Waals surface area contributed by atoms with E-state index in [-0.39, 0.29) is 17.7 Å². The van der Waals surface area contributed by atoms with Crippen LogP contribution in [0.25, 0.3) is 16.8 Å². The van der Waals surface area contributed by atoms with Crippen molar-refractivity contribution in [1.29, 1.82) is 0 Å². The van der Waals surface area contributed by atoms with Crippen LogP contribution in [0, 0.1) is 0 Å². The van der Waals surface area contributed by atoms with Gasteiger partial charge in [0.25, 0.3) is 5.56 Å². The molecule has 1 aliphatic rings. The van der Waals surface area contributed by atoms with E-state index >= 15 is 0 Å². The van der Waals surface area contributed by atoms with Crippen LogP contribution in [0.2, 0.25) is 0 Å². The zero-order valence-corrected chi connectivity index (χ0v) is 23.8. The lowest BCUT2D eigenvalue weighted by Crippen LogP contribution is -2.40. The summed E-state index contributed by atoms with van der Waals surface area (Å²) in [5, 5.41) is 1.98. The van der Waals surface area contributed by atoms with Gasteiger partial charge in [-0.15, -0.1) is 0 Å². The van der Waals surface area contributed by atoms with Gasteiger partial charge in [-0.05, 0) is 49.8 Å². The van der Waals surface area contributed by atoms with E-state index < -0.39 is 12.0 Å². The predicted molar refractivity (Wildman–Crippen MR) is 155 cm³/mol. The molecule has 1 aromatic heterocycles. The van der Waals surface area contributed by atoms with Gasteiger partial charge in [-0.25, -0.2) is 9.79 Å². The maximum atomic E-state index is 14.2. The molecule has 0 amide bonds. The lowest BCUT2D eigenvalue weighted by Gasteiger charge is -2.26. The Morgan fingerprint density at radius 3 is 2.50 bits per heavy atom. The van der Waals surface area contributed by atoms with E-state index in [0.717, 1.165) is 16.3 Å². The molecular weight excluding hydrogens is 528 g/mol. The molecule has 4 aromatic rings. The Morgan fingerprint density at radius 2 is 1.77 bits per heavy atom. The molecule has 2 heterocycles. The van der Waals surface area contributed by atoms with Crippen molar-refractivity contribution in [2.75, 3.05) is 27.4 Å². The first-order valence-electron chi connectivity index (χ1n) is 13.0. The summed E-state index contributed by atoms with van der Waals surface area (Å²) in [6.45, 7) is 5.92. The van der Waals surface area contributed by atoms with Crippen LogP contribution in [0.15, 0.2) is 75.7 Å². The average molecular weight is 559 g/mol. The Labute approximate surface area is 235 Å². The number of carbonyl (C=O) groups excluding carboxylic acids is 1. The summed E-state index contributed by atoms with van der Waals surface area (Å²) in [6.07, 6.45) is 1.83. The smallest absolute Gasteiger partial charge is 0.338 e. The minimum atomic E-state index is -0.830. The van der Waals surface area contributed by atoms with E-state index in [1.165, 1.54) is 11.3 Å². The molecule has 9 heteroatoms. The van der Waals surface area contributed by atoms with Crippen molar-refractivity contribution < 1.29 is 23.7 Å². The normalized spacial score (nSPS) is 15.0. The van der Waals surface area contributed by atoms with Crippen molar-refractivity contribution in [1.82, 2.24) is 4.57 Å². The monoisotopic (exact) mass is 558 g/mol. The second-order valence-corrected chi connectivity index (χ2v) is 10.0. The van der Waals surface area contributed by atoms with E-state index in [9.17, 15) is 9.59 Å². The van der Waals surface area contributed by atoms with Crippen molar-refractivity contribution in [3.05, 3.63) is 96.7 Å². The molecule has 0 saturated carbocycles. The summed E-state index contributed by atoms with van der Waals surface area (Å²) in [6, 6.07) is 16.4. The summed E-state index contributed by atoms with van der Waals surface area (Å²) in [5.41, 5.74) is 1.86. The standard InChI is InChI=1S/C31H30N2O6S/c1-6-38-28-21(13-10-14-24(28)37-5)27-26(30(35)39-7-2)18(3)32-31-33(27)29(34)25(40-31)17-22-20-12-9-8-11-19(20)15-16-23(22)36-4/h8-17,27H,6-7H2,1-5H3/b25-17+/t27-/m1/s1. The van der Waals surface area contributed by atoms with Crippen LogP contribution in [0.4, 0.5) is 0 Å². The number of esters is 1. The molecule has 0 saturated heterocycles. The first-order chi connectivity index (χ1) is 19.4. The van der Waals surface area contributed by atoms with Gasteiger partial charge in [0.05, 0.1) is 43.2 Å². The highest BCUT2D eigenvalue weighted by Gasteiger charge is 2.36. The van der Waals surface area contributed by atoms with Gasteiger partial charge < -0.3 is 18.9 Å². The van der Waals surface area contributed by atoms with Gasteiger partial charge in [-0.3, -0.25) is 9.36 Å². The fourth-order valence-electron chi connectivity index (χ4n) is 5.03. The van der Waals surface area contributed by atoms with E-state index in [1.807, 2.05) is 61.5 Å². The molecule has 5 rings (SSSR count). The molecule has 0 fully saturated rings. The number of aromatic nitrogens is 1. The summed E-state index contributed by atoms with van der Waals surface area (Å²) < 4.78 is 24.7. The topological polar surface area (TPSA) is 88.4 Å². The van der Waals surface area contributed by atoms with E-state index in [2.05, 4.69) is 4.99 Å². The third-order valence-corrected chi connectivity index (χ3v) is 7.74. The van der Waals surface area contributed by atoms with Crippen LogP contribution in [-0.2, 0) is 9.53 Å². The Hall–Kier alpha value is -4.37. The number of rotatable bonds is 8. The van der Waals surface area contributed by atoms with E-state index in [0.29, 0.717) is 44.4 Å². The number of allylic oxidation sites excluding steroid dienone is 1. The van der Waals surface area contributed by atoms with Crippen LogP contribution < -0.4 is 29.1 Å². The molecule has 0 aliphatic carbocycles. The fourth-order valence-corrected chi connectivity index (χ4v) is 6.06. The maximum Gasteiger partial charge on any atom is 0.338 e. The van der Waals surface area contributed by atoms with Crippen molar-refractivity contribution in [3.8, 4) is 17.2 Å². The van der Waals surface area contributed by atoms with Crippen LogP contribution >= 0.6 is 11.3 Å². The number of hydrogen-bond acceptors (Lipinski definition) is 8. The van der Waals surface area contributed by atoms with Gasteiger partial charge >= 0.3 is 5.97 Å². The average Bonchev–Trinajstić information content (AvgIpc) is 3.26. The van der Waals surface area contributed by atoms with Gasteiger partial charge in [0.1, 0.15) is 11.8 Å². The summed E-state index contributed by atoms with van der Waals surface area (Å²) in [4.78, 5) is 32.7. The second-order valence-electron chi connectivity index (χ2n) is 9.02. The molecule has 1 atom stereocenters. The quantitative estimate of drug-likeness (QED) is 0.299. The zero-order chi connectivity index (χ0) is 28.4. The number of carbonyl (C=O) groups is 1. The highest BCUT2D eigenvalue weighted by atomic mass is 32.1. The zero-order valence-electron chi connectivity index (χ0n) is 23.0. The van der Waals surface area contributed by atoms with Crippen molar-refractivity contribution in [2.45, 2.75) is 26.8 Å². The molecule has 0 radical (unpaired) electrons. The number of para-hydroxylation sites is 1. The Morgan fingerprint density at radius 1 is 1.00 bits per heavy atom. The van der Waals surface area contributed by atoms with Gasteiger partial charge in [-0.2, -0.15) is 0 Å². The minimum absolute atomic E-state index is 0.185. The van der Waals surface area contributed by atoms with Gasteiger partial charge in [0.15, 0.2) is 16.3 Å². The molecule has 40 heavy (non-hydrogen) atoms. The lowest BCUT2D eigenvalue weighted by molar-refractivity contribution is -0.139. The van der Waals surface area contributed by atoms with Gasteiger partial charge in [0.2, 0.25) is 0 Å². The van der Waals surface area contributed by atoms with Gasteiger partial charge in [0, 0.05) is 11.1 Å². The molecule has 206 valence electrons. The second kappa shape index (κ2) is 11.4. The molecular formula is C31H30N2O6S. The molecule has 0 unspecified atom stereocenters. The molecule has 1 aliphatic heterocycles. The minimum Gasteiger partial charge on any atom is -0.496 e. The highest BCUT2D eigenvalue weighted by molar-refractivity contribution is 7.07. The van der Waals surface area contributed by atoms with Crippen molar-refractivity contribution >= 4 is 34.2 Å². The van der Waals surface area contributed by atoms with Crippen LogP contribution in [0.3, 0.4) is 0 Å². The largest absolute Gasteiger partial charge is 0.496 e. The van der Waals surface area contributed by atoms with Crippen LogP contribution in [0.5, 0.6) is 17.2 Å². The number of nitrogens with zero attached hydrogens (tertiary/aromatic N) is 2. The SMILES string of the molecule is CCOC(=O)C1=C(C)N=c2s/c(=C/c3c(OC)ccc4ccccc34)c(=O)n2[C@@H]1c1cccc(OC)c1OCC. The molecule has 8 nitrogen and oxygen atoms in total. The van der Waals surface area contributed by atoms with Crippen LogP contribution in [-0.4, -0.2) is 38.0 Å². The third-order valence-electron chi connectivity index (χ3n) is 6.76. The predicted octanol–water partition coefficient (Wildman–Crippen LogP) is 4.37. The summed E-state index contributed by atoms with van der Waals surface area (Å²) in [7, 11) is 3.16. The number of ether oxygens (including phenoxy) is 4. The number of methoxy groups -OCH3 is 2. The fraction of sp³-hybridized carbons (Fsp3) is 0.258. The van der Waals surface area contributed by atoms with E-state index in [4.69, 9.17) is 18.9 Å².